The second-order valence-corrected chi connectivity index (χ2v) is 12.1. The zero-order valence-corrected chi connectivity index (χ0v) is 26.1. The number of anilines is 1. The third-order valence-corrected chi connectivity index (χ3v) is 9.11. The van der Waals surface area contributed by atoms with Crippen LogP contribution in [-0.4, -0.2) is 64.5 Å². The monoisotopic (exact) mass is 660 g/mol. The van der Waals surface area contributed by atoms with E-state index in [2.05, 4.69) is 15.3 Å². The molecular formula is C36H29ClN6O5. The minimum atomic E-state index is -1.10. The van der Waals surface area contributed by atoms with Gasteiger partial charge in [-0.05, 0) is 41.5 Å². The highest BCUT2D eigenvalue weighted by atomic mass is 35.5. The van der Waals surface area contributed by atoms with E-state index < -0.39 is 35.7 Å². The molecule has 11 nitrogen and oxygen atoms in total. The number of nitrogens with zero attached hydrogens (tertiary/aromatic N) is 5. The molecule has 4 atom stereocenters. The lowest BCUT2D eigenvalue weighted by atomic mass is 9.76. The van der Waals surface area contributed by atoms with Gasteiger partial charge < -0.3 is 20.6 Å². The number of hydrogen-bond donors (Lipinski definition) is 4. The minimum absolute atomic E-state index is 0.0989. The molecule has 0 saturated heterocycles. The molecule has 4 N–H and O–H groups in total. The maximum absolute atomic E-state index is 12.5. The van der Waals surface area contributed by atoms with Crippen LogP contribution in [0, 0.1) is 5.92 Å². The molecule has 0 aliphatic heterocycles. The van der Waals surface area contributed by atoms with Crippen molar-refractivity contribution in [1.82, 2.24) is 24.6 Å². The number of fused-ring (bicyclic) bond motifs is 1. The second-order valence-electron chi connectivity index (χ2n) is 11.7. The van der Waals surface area contributed by atoms with Gasteiger partial charge in [-0.25, -0.2) is 19.6 Å². The number of benzene rings is 3. The molecule has 0 unspecified atom stereocenters. The molecule has 1 fully saturated rings. The molecule has 6 aromatic rings. The number of aliphatic hydroxyl groups excluding tert-OH is 1. The summed E-state index contributed by atoms with van der Waals surface area (Å²) in [7, 11) is 0. The Bertz CT molecular complexity index is 2160. The normalized spacial score (nSPS) is 19.0. The standard InChI is InChI=1S/C36H29ClN6O5/c37-30-16-32(43-31(41-30)15-26(42-43)29-18-38-17-28(39-29)20-8-2-1-3-9-20)40-27-14-21(19-44)33(22-10-4-6-12-24(22)35(45)46)34(27)23-11-5-7-13-25(23)36(47)48/h1-13,15-18,21,27,33-34,40,44H,14,19H2,(H,45,46)(H,47,48)/t21-,27+,33+,34-/m0/s1. The largest absolute Gasteiger partial charge is 0.478 e. The van der Waals surface area contributed by atoms with E-state index in [1.807, 2.05) is 30.3 Å². The SMILES string of the molecule is O=C(O)c1ccccc1[C@@H]1[C@@H](c2ccccc2C(=O)O)[C@H](CO)C[C@H]1Nc1cc(Cl)nc2cc(-c3cncc(-c4ccccc4)n3)nn12. The van der Waals surface area contributed by atoms with Crippen LogP contribution >= 0.6 is 11.6 Å². The van der Waals surface area contributed by atoms with E-state index in [-0.39, 0.29) is 22.9 Å². The van der Waals surface area contributed by atoms with Gasteiger partial charge in [0.25, 0.3) is 0 Å². The van der Waals surface area contributed by atoms with Gasteiger partial charge in [-0.15, -0.1) is 0 Å². The van der Waals surface area contributed by atoms with Gasteiger partial charge in [0.2, 0.25) is 0 Å². The Hall–Kier alpha value is -5.65. The second kappa shape index (κ2) is 12.9. The van der Waals surface area contributed by atoms with Gasteiger partial charge in [0.05, 0.1) is 29.2 Å². The van der Waals surface area contributed by atoms with Crippen molar-refractivity contribution in [3.8, 4) is 22.6 Å². The first kappa shape index (κ1) is 31.0. The van der Waals surface area contributed by atoms with Crippen molar-refractivity contribution in [2.24, 2.45) is 5.92 Å². The van der Waals surface area contributed by atoms with Crippen LogP contribution in [0.1, 0.15) is 50.1 Å². The van der Waals surface area contributed by atoms with Gasteiger partial charge in [0.1, 0.15) is 22.4 Å². The van der Waals surface area contributed by atoms with Crippen LogP contribution in [0.25, 0.3) is 28.3 Å². The van der Waals surface area contributed by atoms with Crippen LogP contribution < -0.4 is 5.32 Å². The molecule has 0 bridgehead atoms. The topological polar surface area (TPSA) is 163 Å². The number of aromatic nitrogens is 5. The van der Waals surface area contributed by atoms with Gasteiger partial charge in [0.15, 0.2) is 5.65 Å². The van der Waals surface area contributed by atoms with Gasteiger partial charge >= 0.3 is 11.9 Å². The van der Waals surface area contributed by atoms with Crippen LogP contribution in [0.15, 0.2) is 103 Å². The molecule has 0 amide bonds. The fourth-order valence-corrected chi connectivity index (χ4v) is 7.11. The van der Waals surface area contributed by atoms with Gasteiger partial charge in [0, 0.05) is 36.3 Å². The van der Waals surface area contributed by atoms with E-state index >= 15 is 0 Å². The average Bonchev–Trinajstić information content (AvgIpc) is 3.70. The maximum atomic E-state index is 12.5. The number of carboxylic acid groups (broad SMARTS) is 2. The summed E-state index contributed by atoms with van der Waals surface area (Å²) in [5, 5.41) is 39.5. The van der Waals surface area contributed by atoms with E-state index in [4.69, 9.17) is 21.7 Å². The Morgan fingerprint density at radius 3 is 2.08 bits per heavy atom. The third kappa shape index (κ3) is 5.74. The first-order chi connectivity index (χ1) is 23.3. The number of aliphatic hydroxyl groups is 1. The van der Waals surface area contributed by atoms with Crippen molar-refractivity contribution in [2.45, 2.75) is 24.3 Å². The lowest BCUT2D eigenvalue weighted by Crippen LogP contribution is -2.28. The van der Waals surface area contributed by atoms with Crippen LogP contribution in [0.4, 0.5) is 5.82 Å². The number of rotatable bonds is 9. The summed E-state index contributed by atoms with van der Waals surface area (Å²) in [5.74, 6) is -3.21. The smallest absolute Gasteiger partial charge is 0.335 e. The maximum Gasteiger partial charge on any atom is 0.335 e. The summed E-state index contributed by atoms with van der Waals surface area (Å²) in [4.78, 5) is 38.5. The molecule has 0 radical (unpaired) electrons. The van der Waals surface area contributed by atoms with E-state index in [0.29, 0.717) is 46.1 Å². The fraction of sp³-hybridized carbons (Fsp3) is 0.167. The third-order valence-electron chi connectivity index (χ3n) is 8.92. The number of halogens is 1. The summed E-state index contributed by atoms with van der Waals surface area (Å²) in [6.45, 7) is -0.239. The van der Waals surface area contributed by atoms with Crippen LogP contribution in [0.2, 0.25) is 5.15 Å². The number of nitrogens with one attached hydrogen (secondary N) is 1. The van der Waals surface area contributed by atoms with Crippen molar-refractivity contribution >= 4 is 35.0 Å². The Kier molecular flexibility index (Phi) is 8.30. The quantitative estimate of drug-likeness (QED) is 0.130. The zero-order valence-electron chi connectivity index (χ0n) is 25.3. The Morgan fingerprint density at radius 2 is 1.42 bits per heavy atom. The molecule has 3 aromatic heterocycles. The van der Waals surface area contributed by atoms with Crippen LogP contribution in [-0.2, 0) is 0 Å². The van der Waals surface area contributed by atoms with Gasteiger partial charge in [-0.1, -0.05) is 78.3 Å². The average molecular weight is 661 g/mol. The number of carboxylic acids is 2. The first-order valence-corrected chi connectivity index (χ1v) is 15.7. The van der Waals surface area contributed by atoms with Crippen molar-refractivity contribution < 1.29 is 24.9 Å². The van der Waals surface area contributed by atoms with Crippen molar-refractivity contribution in [3.63, 3.8) is 0 Å². The zero-order chi connectivity index (χ0) is 33.4. The Morgan fingerprint density at radius 1 is 0.792 bits per heavy atom. The van der Waals surface area contributed by atoms with E-state index in [9.17, 15) is 24.9 Å². The molecule has 12 heteroatoms. The van der Waals surface area contributed by atoms with Crippen molar-refractivity contribution in [3.05, 3.63) is 131 Å². The molecule has 240 valence electrons. The predicted molar refractivity (Wildman–Crippen MR) is 179 cm³/mol. The Labute approximate surface area is 279 Å². The van der Waals surface area contributed by atoms with Gasteiger partial charge in [-0.3, -0.25) is 4.98 Å². The number of hydrogen-bond acceptors (Lipinski definition) is 8. The van der Waals surface area contributed by atoms with Gasteiger partial charge in [-0.2, -0.15) is 9.61 Å². The number of aromatic carboxylic acids is 2. The molecule has 3 aromatic carbocycles. The van der Waals surface area contributed by atoms with Crippen molar-refractivity contribution in [1.29, 1.82) is 0 Å². The molecule has 1 saturated carbocycles. The van der Waals surface area contributed by atoms with E-state index in [0.717, 1.165) is 5.56 Å². The first-order valence-electron chi connectivity index (χ1n) is 15.3. The predicted octanol–water partition coefficient (Wildman–Crippen LogP) is 6.26. The van der Waals surface area contributed by atoms with Crippen molar-refractivity contribution in [2.75, 3.05) is 11.9 Å². The van der Waals surface area contributed by atoms with Crippen LogP contribution in [0.3, 0.4) is 0 Å². The van der Waals surface area contributed by atoms with E-state index in [1.165, 1.54) is 12.1 Å². The van der Waals surface area contributed by atoms with E-state index in [1.54, 1.807) is 65.4 Å². The number of carbonyl (C=O) groups is 2. The molecular weight excluding hydrogens is 632 g/mol. The summed E-state index contributed by atoms with van der Waals surface area (Å²) < 4.78 is 1.60. The highest BCUT2D eigenvalue weighted by molar-refractivity contribution is 6.29. The minimum Gasteiger partial charge on any atom is -0.478 e. The lowest BCUT2D eigenvalue weighted by molar-refractivity contribution is 0.0682. The molecule has 7 rings (SSSR count). The summed E-state index contributed by atoms with van der Waals surface area (Å²) >= 11 is 6.52. The molecule has 1 aliphatic carbocycles. The highest BCUT2D eigenvalue weighted by Gasteiger charge is 2.47. The van der Waals surface area contributed by atoms with Crippen LogP contribution in [0.5, 0.6) is 0 Å². The summed E-state index contributed by atoms with van der Waals surface area (Å²) in [6.07, 6.45) is 3.70. The molecule has 48 heavy (non-hydrogen) atoms. The molecule has 0 spiro atoms. The fourth-order valence-electron chi connectivity index (χ4n) is 6.92. The highest BCUT2D eigenvalue weighted by Crippen LogP contribution is 2.52. The molecule has 3 heterocycles. The summed E-state index contributed by atoms with van der Waals surface area (Å²) in [5.41, 5.74) is 4.32. The molecule has 1 aliphatic rings. The summed E-state index contributed by atoms with van der Waals surface area (Å²) in [6, 6.07) is 26.0. The lowest BCUT2D eigenvalue weighted by Gasteiger charge is -2.30. The Balaban J connectivity index is 1.33.